The molecule has 0 spiro atoms. The van der Waals surface area contributed by atoms with E-state index in [0.717, 1.165) is 18.1 Å². The highest BCUT2D eigenvalue weighted by molar-refractivity contribution is 7.01. The fraction of sp³-hybridized carbons (Fsp3) is 1.00. The van der Waals surface area contributed by atoms with E-state index >= 15 is 0 Å². The van der Waals surface area contributed by atoms with Gasteiger partial charge in [0.1, 0.15) is 0 Å². The van der Waals surface area contributed by atoms with E-state index in [1.54, 1.807) is 21.3 Å². The van der Waals surface area contributed by atoms with Crippen molar-refractivity contribution in [2.45, 2.75) is 79.3 Å². The first-order valence-electron chi connectivity index (χ1n) is 13.1. The number of hydrogen-bond donors (Lipinski definition) is 6. The Labute approximate surface area is 226 Å². The maximum Gasteiger partial charge on any atom is 0.343 e. The van der Waals surface area contributed by atoms with Crippen molar-refractivity contribution in [3.8, 4) is 0 Å². The Hall–Kier alpha value is 0.821. The van der Waals surface area contributed by atoms with Gasteiger partial charge in [-0.15, -0.1) is 0 Å². The molecule has 0 aromatic heterocycles. The lowest BCUT2D eigenvalue weighted by atomic mass is 10.9. The third-order valence-corrected chi connectivity index (χ3v) is 35.3. The summed E-state index contributed by atoms with van der Waals surface area (Å²) in [7, 11) is -7.71. The molecule has 12 nitrogen and oxygen atoms in total. The van der Waals surface area contributed by atoms with Gasteiger partial charge >= 0.3 is 51.8 Å². The Morgan fingerprint density at radius 1 is 0.417 bits per heavy atom. The molecule has 0 amide bonds. The minimum atomic E-state index is -2.17. The zero-order valence-corrected chi connectivity index (χ0v) is 30.7. The first-order valence-corrected chi connectivity index (χ1v) is 26.7. The summed E-state index contributed by atoms with van der Waals surface area (Å²) in [5, 5.41) is 0. The molecule has 0 bridgehead atoms. The summed E-state index contributed by atoms with van der Waals surface area (Å²) in [5.74, 6) is 0. The van der Waals surface area contributed by atoms with Crippen LogP contribution in [0.25, 0.3) is 0 Å². The summed E-state index contributed by atoms with van der Waals surface area (Å²) in [6, 6.07) is 2.84. The Bertz CT molecular complexity index is 558. The molecule has 36 heavy (non-hydrogen) atoms. The van der Waals surface area contributed by atoms with Gasteiger partial charge in [-0.1, -0.05) is 20.8 Å². The van der Waals surface area contributed by atoms with Crippen LogP contribution < -0.4 is 27.9 Å². The van der Waals surface area contributed by atoms with Crippen molar-refractivity contribution < 1.29 is 26.6 Å². The number of hydrogen-bond acceptors (Lipinski definition) is 12. The molecule has 0 aromatic rings. The molecule has 6 N–H and O–H groups in total. The van der Waals surface area contributed by atoms with Crippen LogP contribution >= 0.6 is 0 Å². The fourth-order valence-electron chi connectivity index (χ4n) is 4.88. The second-order valence-corrected chi connectivity index (χ2v) is 30.7. The predicted molar refractivity (Wildman–Crippen MR) is 158 cm³/mol. The first-order chi connectivity index (χ1) is 16.8. The van der Waals surface area contributed by atoms with Crippen LogP contribution in [0.3, 0.4) is 0 Å². The Morgan fingerprint density at radius 3 is 0.778 bits per heavy atom. The van der Waals surface area contributed by atoms with Crippen LogP contribution in [0, 0.1) is 0 Å². The van der Waals surface area contributed by atoms with Crippen LogP contribution in [0.5, 0.6) is 0 Å². The molecule has 216 valence electrons. The molecule has 2 saturated heterocycles. The van der Waals surface area contributed by atoms with E-state index in [1.807, 2.05) is 20.8 Å². The largest absolute Gasteiger partial charge is 0.396 e. The van der Waals surface area contributed by atoms with Gasteiger partial charge in [-0.25, -0.2) is 0 Å². The Morgan fingerprint density at radius 2 is 0.639 bits per heavy atom. The molecule has 0 aliphatic carbocycles. The van der Waals surface area contributed by atoms with Crippen molar-refractivity contribution in [2.75, 3.05) is 41.2 Å². The quantitative estimate of drug-likeness (QED) is 0.176. The topological polar surface area (TPSA) is 128 Å². The third-order valence-electron chi connectivity index (χ3n) is 6.48. The number of rotatable bonds is 12. The molecule has 0 atom stereocenters. The lowest BCUT2D eigenvalue weighted by Crippen LogP contribution is -2.93. The molecular formula is C18H54N6O6Si6. The van der Waals surface area contributed by atoms with Crippen molar-refractivity contribution in [1.29, 1.82) is 0 Å². The SMILES string of the molecule is CCO[Si]1(C)N[Si](C)(OCC)N[Si](C)(OCC)N1.CC[Si]1(OC)N[Si](CC)(OC)N[Si](CC)(OC)N1. The molecule has 2 aliphatic rings. The van der Waals surface area contributed by atoms with E-state index in [0.29, 0.717) is 19.8 Å². The summed E-state index contributed by atoms with van der Waals surface area (Å²) in [4.78, 5) is 0. The summed E-state index contributed by atoms with van der Waals surface area (Å²) in [6.45, 7) is 21.0. The molecule has 2 heterocycles. The molecule has 2 fully saturated rings. The van der Waals surface area contributed by atoms with Gasteiger partial charge in [0.2, 0.25) is 0 Å². The van der Waals surface area contributed by atoms with Crippen LogP contribution in [-0.2, 0) is 26.6 Å². The fourth-order valence-corrected chi connectivity index (χ4v) is 39.5. The highest BCUT2D eigenvalue weighted by Crippen LogP contribution is 2.22. The van der Waals surface area contributed by atoms with E-state index in [4.69, 9.17) is 26.6 Å². The van der Waals surface area contributed by atoms with Crippen LogP contribution in [0.1, 0.15) is 41.5 Å². The van der Waals surface area contributed by atoms with Gasteiger partial charge < -0.3 is 26.6 Å². The van der Waals surface area contributed by atoms with Crippen molar-refractivity contribution >= 4 is 51.8 Å². The van der Waals surface area contributed by atoms with E-state index in [9.17, 15) is 0 Å². The molecular weight excluding hydrogens is 565 g/mol. The molecule has 0 unspecified atom stereocenters. The molecule has 18 heteroatoms. The normalized spacial score (nSPS) is 41.0. The van der Waals surface area contributed by atoms with Gasteiger partial charge in [-0.2, -0.15) is 0 Å². The average Bonchev–Trinajstić information content (AvgIpc) is 2.83. The van der Waals surface area contributed by atoms with Crippen LogP contribution in [0.15, 0.2) is 0 Å². The van der Waals surface area contributed by atoms with Crippen LogP contribution in [-0.4, -0.2) is 93.0 Å². The first kappa shape index (κ1) is 34.8. The lowest BCUT2D eigenvalue weighted by molar-refractivity contribution is 0.264. The molecule has 2 aliphatic heterocycles. The van der Waals surface area contributed by atoms with E-state index < -0.39 is 51.8 Å². The summed E-state index contributed by atoms with van der Waals surface area (Å²) < 4.78 is 57.1. The smallest absolute Gasteiger partial charge is 0.343 e. The molecule has 2 rings (SSSR count). The Balaban J connectivity index is 0.000000360. The lowest BCUT2D eigenvalue weighted by Gasteiger charge is -2.51. The van der Waals surface area contributed by atoms with E-state index in [2.05, 4.69) is 68.3 Å². The zero-order valence-electron chi connectivity index (χ0n) is 24.7. The van der Waals surface area contributed by atoms with Gasteiger partial charge in [0, 0.05) is 41.2 Å². The minimum Gasteiger partial charge on any atom is -0.396 e. The Kier molecular flexibility index (Phi) is 14.0. The van der Waals surface area contributed by atoms with Gasteiger partial charge in [0.25, 0.3) is 0 Å². The summed E-state index contributed by atoms with van der Waals surface area (Å²) >= 11 is 0. The highest BCUT2D eigenvalue weighted by atomic mass is 28.5. The maximum absolute atomic E-state index is 5.94. The number of nitrogens with one attached hydrogen (secondary N) is 6. The van der Waals surface area contributed by atoms with Gasteiger partial charge in [0.05, 0.1) is 0 Å². The maximum atomic E-state index is 5.94. The van der Waals surface area contributed by atoms with Crippen LogP contribution in [0.4, 0.5) is 0 Å². The van der Waals surface area contributed by atoms with E-state index in [-0.39, 0.29) is 0 Å². The monoisotopic (exact) mass is 618 g/mol. The van der Waals surface area contributed by atoms with Crippen molar-refractivity contribution in [3.63, 3.8) is 0 Å². The van der Waals surface area contributed by atoms with E-state index in [1.165, 1.54) is 0 Å². The summed E-state index contributed by atoms with van der Waals surface area (Å²) in [5.41, 5.74) is 0. The van der Waals surface area contributed by atoms with Crippen LogP contribution in [0.2, 0.25) is 37.8 Å². The summed E-state index contributed by atoms with van der Waals surface area (Å²) in [6.07, 6.45) is 0. The third kappa shape index (κ3) is 8.92. The molecule has 0 aromatic carbocycles. The second kappa shape index (κ2) is 14.5. The minimum absolute atomic E-state index is 0.690. The van der Waals surface area contributed by atoms with Crippen molar-refractivity contribution in [3.05, 3.63) is 0 Å². The van der Waals surface area contributed by atoms with Crippen molar-refractivity contribution in [2.24, 2.45) is 0 Å². The highest BCUT2D eigenvalue weighted by Gasteiger charge is 2.59. The zero-order chi connectivity index (χ0) is 27.7. The van der Waals surface area contributed by atoms with Gasteiger partial charge in [-0.3, -0.25) is 27.9 Å². The molecule has 0 saturated carbocycles. The van der Waals surface area contributed by atoms with Crippen molar-refractivity contribution in [1.82, 2.24) is 27.9 Å². The second-order valence-electron chi connectivity index (χ2n) is 9.30. The standard InChI is InChI=1S/2C9H27N3O3Si3/c1-7-13-16(4)10-17(5,14-8-2)12-18(6,11-16)15-9-3;1-7-16(13-4)10-17(8-2,14-5)12-18(9-3,11-16)15-6/h2*10-12H,7-9H2,1-6H3. The average molecular weight is 619 g/mol. The predicted octanol–water partition coefficient (Wildman–Crippen LogP) is 1.17. The molecule has 0 radical (unpaired) electrons. The van der Waals surface area contributed by atoms with Gasteiger partial charge in [0.15, 0.2) is 0 Å². The van der Waals surface area contributed by atoms with Gasteiger partial charge in [-0.05, 0) is 58.5 Å².